The van der Waals surface area contributed by atoms with Crippen LogP contribution in [0, 0.1) is 0 Å². The van der Waals surface area contributed by atoms with Crippen molar-refractivity contribution in [3.63, 3.8) is 0 Å². The first kappa shape index (κ1) is 34.9. The van der Waals surface area contributed by atoms with Crippen LogP contribution in [-0.4, -0.2) is 42.3 Å². The van der Waals surface area contributed by atoms with Gasteiger partial charge in [0.1, 0.15) is 44.9 Å². The minimum absolute atomic E-state index is 0.0126. The van der Waals surface area contributed by atoms with Gasteiger partial charge in [-0.15, -0.1) is 0 Å². The number of anilines is 1. The van der Waals surface area contributed by atoms with E-state index in [1.807, 2.05) is 36.4 Å². The highest BCUT2D eigenvalue weighted by atomic mass is 32.2. The first-order valence-electron chi connectivity index (χ1n) is 15.4. The lowest BCUT2D eigenvalue weighted by atomic mass is 10.1. The average Bonchev–Trinajstić information content (AvgIpc) is 3.10. The molecule has 0 amide bonds. The van der Waals surface area contributed by atoms with Gasteiger partial charge in [-0.2, -0.15) is 21.6 Å². The molecule has 1 aliphatic rings. The lowest BCUT2D eigenvalue weighted by Crippen LogP contribution is -2.29. The van der Waals surface area contributed by atoms with Crippen LogP contribution in [0.5, 0.6) is 23.0 Å². The minimum Gasteiger partial charge on any atom is -0.507 e. The molecule has 1 fully saturated rings. The minimum atomic E-state index is -6.00. The molecule has 1 aliphatic heterocycles. The summed E-state index contributed by atoms with van der Waals surface area (Å²) in [4.78, 5) is 27.0. The fraction of sp³-hybridized carbons (Fsp3) is 0.167. The van der Waals surface area contributed by atoms with E-state index in [2.05, 4.69) is 9.08 Å². The number of phenols is 2. The molecule has 0 bridgehead atoms. The number of phenolic OH excluding ortho intramolecular Hbond substituents is 2. The third kappa shape index (κ3) is 7.19. The zero-order valence-corrected chi connectivity index (χ0v) is 27.2. The predicted molar refractivity (Wildman–Crippen MR) is 183 cm³/mol. The Bertz CT molecular complexity index is 2460. The van der Waals surface area contributed by atoms with Gasteiger partial charge in [-0.05, 0) is 19.3 Å². The third-order valence-electron chi connectivity index (χ3n) is 8.02. The Kier molecular flexibility index (Phi) is 9.40. The van der Waals surface area contributed by atoms with Crippen LogP contribution in [0.3, 0.4) is 0 Å². The molecule has 0 atom stereocenters. The summed E-state index contributed by atoms with van der Waals surface area (Å²) in [5, 5.41) is 30.0. The summed E-state index contributed by atoms with van der Waals surface area (Å²) in [6.07, 6.45) is 3.53. The van der Waals surface area contributed by atoms with Gasteiger partial charge in [-0.25, -0.2) is 0 Å². The van der Waals surface area contributed by atoms with E-state index < -0.39 is 49.3 Å². The fourth-order valence-corrected chi connectivity index (χ4v) is 6.05. The van der Waals surface area contributed by atoms with E-state index in [1.165, 1.54) is 24.6 Å². The molecule has 7 rings (SSSR count). The Morgan fingerprint density at radius 1 is 0.706 bits per heavy atom. The number of piperidine rings is 1. The van der Waals surface area contributed by atoms with Crippen molar-refractivity contribution < 1.29 is 49.9 Å². The number of nitrogens with zero attached hydrogens (tertiary/aromatic N) is 1. The molecule has 4 aromatic carbocycles. The summed E-state index contributed by atoms with van der Waals surface area (Å²) < 4.78 is 74.8. The molecule has 0 radical (unpaired) electrons. The van der Waals surface area contributed by atoms with Crippen LogP contribution < -0.4 is 19.9 Å². The van der Waals surface area contributed by atoms with Crippen LogP contribution in [0.1, 0.15) is 19.3 Å². The Morgan fingerprint density at radius 2 is 1.29 bits per heavy atom. The second kappa shape index (κ2) is 13.7. The van der Waals surface area contributed by atoms with E-state index in [-0.39, 0.29) is 27.9 Å². The number of aromatic hydroxyl groups is 3. The number of hydrogen-bond donors (Lipinski definition) is 3. The molecule has 0 spiro atoms. The molecule has 6 aromatic rings. The largest absolute Gasteiger partial charge is 0.534 e. The first-order valence-corrected chi connectivity index (χ1v) is 16.8. The quantitative estimate of drug-likeness (QED) is 0.121. The van der Waals surface area contributed by atoms with Crippen LogP contribution in [0.2, 0.25) is 0 Å². The summed E-state index contributed by atoms with van der Waals surface area (Å²) in [6.45, 7) is 1.93. The second-order valence-corrected chi connectivity index (χ2v) is 13.0. The molecular formula is C36H28F3NO10S. The van der Waals surface area contributed by atoms with Crippen molar-refractivity contribution in [2.24, 2.45) is 0 Å². The van der Waals surface area contributed by atoms with Gasteiger partial charge in [-0.3, -0.25) is 9.59 Å². The molecule has 51 heavy (non-hydrogen) atoms. The summed E-state index contributed by atoms with van der Waals surface area (Å²) in [5.41, 5.74) is -5.00. The molecule has 15 heteroatoms. The standard InChI is InChI=1S/C20H19NO3.C16H9F3O7S/c22-16-11-15(21-9-5-2-6-10-21)12-19-20(16)17(23)13-18(24-19)14-7-3-1-4-8-14;17-16(18,19)27(23,24)26-9-6-10(20)12-11(7-9)25-15(14(22)13(12)21)8-4-2-1-3-5-8/h1,3-4,7-8,11-13,22H,2,5-6,9-10H2;1-7,20,22H. The van der Waals surface area contributed by atoms with Crippen molar-refractivity contribution in [1.29, 1.82) is 0 Å². The summed E-state index contributed by atoms with van der Waals surface area (Å²) >= 11 is 0. The molecule has 0 aliphatic carbocycles. The highest BCUT2D eigenvalue weighted by molar-refractivity contribution is 7.88. The van der Waals surface area contributed by atoms with Gasteiger partial charge in [0.05, 0.1) is 0 Å². The van der Waals surface area contributed by atoms with Gasteiger partial charge in [0.25, 0.3) is 0 Å². The van der Waals surface area contributed by atoms with Crippen molar-refractivity contribution in [2.45, 2.75) is 24.8 Å². The summed E-state index contributed by atoms with van der Waals surface area (Å²) in [5.74, 6) is -2.50. The lowest BCUT2D eigenvalue weighted by Gasteiger charge is -2.29. The molecule has 1 saturated heterocycles. The highest BCUT2D eigenvalue weighted by Crippen LogP contribution is 2.37. The zero-order valence-electron chi connectivity index (χ0n) is 26.4. The summed E-state index contributed by atoms with van der Waals surface area (Å²) in [7, 11) is -6.00. The van der Waals surface area contributed by atoms with Crippen LogP contribution >= 0.6 is 0 Å². The molecule has 0 unspecified atom stereocenters. The van der Waals surface area contributed by atoms with Crippen molar-refractivity contribution in [1.82, 2.24) is 0 Å². The Hall–Kier alpha value is -5.96. The van der Waals surface area contributed by atoms with Crippen molar-refractivity contribution >= 4 is 37.7 Å². The Morgan fingerprint density at radius 3 is 1.92 bits per heavy atom. The first-order chi connectivity index (χ1) is 24.2. The molecule has 3 N–H and O–H groups in total. The number of hydrogen-bond acceptors (Lipinski definition) is 11. The normalized spacial score (nSPS) is 13.5. The van der Waals surface area contributed by atoms with Gasteiger partial charge in [0, 0.05) is 60.2 Å². The van der Waals surface area contributed by atoms with Gasteiger partial charge >= 0.3 is 15.6 Å². The number of rotatable bonds is 5. The smallest absolute Gasteiger partial charge is 0.507 e. The van der Waals surface area contributed by atoms with Crippen molar-refractivity contribution in [2.75, 3.05) is 18.0 Å². The number of alkyl halides is 3. The maximum Gasteiger partial charge on any atom is 0.534 e. The average molecular weight is 724 g/mol. The van der Waals surface area contributed by atoms with Crippen LogP contribution in [0.25, 0.3) is 44.6 Å². The predicted octanol–water partition coefficient (Wildman–Crippen LogP) is 7.26. The van der Waals surface area contributed by atoms with Gasteiger partial charge < -0.3 is 33.2 Å². The zero-order chi connectivity index (χ0) is 36.5. The maximum absolute atomic E-state index is 12.5. The molecular weight excluding hydrogens is 695 g/mol. The van der Waals surface area contributed by atoms with Gasteiger partial charge in [0.2, 0.25) is 11.2 Å². The maximum atomic E-state index is 12.5. The monoisotopic (exact) mass is 723 g/mol. The second-order valence-electron chi connectivity index (χ2n) is 11.5. The van der Waals surface area contributed by atoms with E-state index in [1.54, 1.807) is 24.3 Å². The van der Waals surface area contributed by atoms with Crippen molar-refractivity contribution in [3.05, 3.63) is 111 Å². The molecule has 3 heterocycles. The number of benzene rings is 4. The lowest BCUT2D eigenvalue weighted by molar-refractivity contribution is -0.0500. The number of halogens is 3. The Labute approximate surface area is 287 Å². The fourth-order valence-electron chi connectivity index (χ4n) is 5.61. The number of fused-ring (bicyclic) bond motifs is 2. The van der Waals surface area contributed by atoms with Gasteiger partial charge in [-0.1, -0.05) is 60.7 Å². The Balaban J connectivity index is 0.000000177. The van der Waals surface area contributed by atoms with E-state index in [9.17, 15) is 46.5 Å². The molecule has 264 valence electrons. The van der Waals surface area contributed by atoms with Crippen molar-refractivity contribution in [3.8, 4) is 45.6 Å². The topological polar surface area (TPSA) is 168 Å². The molecule has 0 saturated carbocycles. The van der Waals surface area contributed by atoms with E-state index in [0.29, 0.717) is 23.5 Å². The van der Waals surface area contributed by atoms with Gasteiger partial charge in [0.15, 0.2) is 11.2 Å². The SMILES string of the molecule is O=c1c(O)c(-c2ccccc2)oc2cc(OS(=O)(=O)C(F)(F)F)cc(O)c12.O=c1cc(-c2ccccc2)oc2cc(N3CCCCC3)cc(O)c12. The van der Waals surface area contributed by atoms with Crippen LogP contribution in [0.4, 0.5) is 18.9 Å². The van der Waals surface area contributed by atoms with E-state index in [4.69, 9.17) is 8.83 Å². The van der Waals surface area contributed by atoms with Crippen LogP contribution in [0.15, 0.2) is 109 Å². The molecule has 11 nitrogen and oxygen atoms in total. The van der Waals surface area contributed by atoms with E-state index in [0.717, 1.165) is 37.2 Å². The molecule has 2 aromatic heterocycles. The third-order valence-corrected chi connectivity index (χ3v) is 9.00. The highest BCUT2D eigenvalue weighted by Gasteiger charge is 2.48. The summed E-state index contributed by atoms with van der Waals surface area (Å²) in [6, 6.07) is 23.5. The van der Waals surface area contributed by atoms with Crippen LogP contribution in [-0.2, 0) is 10.1 Å². The van der Waals surface area contributed by atoms with E-state index >= 15 is 0 Å².